The number of benzene rings is 2. The first-order chi connectivity index (χ1) is 10.1. The number of hydrogen-bond acceptors (Lipinski definition) is 3. The van der Waals surface area contributed by atoms with Gasteiger partial charge in [0.05, 0.1) is 29.5 Å². The highest BCUT2D eigenvalue weighted by atomic mass is 32.1. The molecule has 1 aromatic heterocycles. The Kier molecular flexibility index (Phi) is 3.43. The van der Waals surface area contributed by atoms with Crippen LogP contribution in [0.2, 0.25) is 0 Å². The van der Waals surface area contributed by atoms with Gasteiger partial charge in [-0.1, -0.05) is 12.1 Å². The molecule has 3 rings (SSSR count). The van der Waals surface area contributed by atoms with Gasteiger partial charge >= 0.3 is 0 Å². The zero-order valence-electron chi connectivity index (χ0n) is 12.3. The average Bonchev–Trinajstić information content (AvgIpc) is 2.81. The Balaban J connectivity index is 2.35. The number of rotatable bonds is 3. The van der Waals surface area contributed by atoms with Crippen molar-refractivity contribution < 1.29 is 4.74 Å². The van der Waals surface area contributed by atoms with Crippen molar-refractivity contribution in [3.05, 3.63) is 47.2 Å². The van der Waals surface area contributed by atoms with E-state index < -0.39 is 0 Å². The lowest BCUT2D eigenvalue weighted by atomic mass is 10.2. The van der Waals surface area contributed by atoms with Gasteiger partial charge < -0.3 is 14.6 Å². The molecular formula is C16H17N3OS. The summed E-state index contributed by atoms with van der Waals surface area (Å²) < 4.78 is 8.05. The minimum atomic E-state index is 0.674. The van der Waals surface area contributed by atoms with Gasteiger partial charge in [0, 0.05) is 20.2 Å². The van der Waals surface area contributed by atoms with Crippen LogP contribution in [0.1, 0.15) is 0 Å². The molecule has 0 saturated carbocycles. The first kappa shape index (κ1) is 13.7. The molecule has 21 heavy (non-hydrogen) atoms. The first-order valence-electron chi connectivity index (χ1n) is 6.67. The van der Waals surface area contributed by atoms with Crippen LogP contribution in [0.5, 0.6) is 5.75 Å². The topological polar surface area (TPSA) is 33.2 Å². The fourth-order valence-electron chi connectivity index (χ4n) is 2.48. The van der Waals surface area contributed by atoms with Gasteiger partial charge in [0.1, 0.15) is 5.75 Å². The van der Waals surface area contributed by atoms with E-state index in [9.17, 15) is 0 Å². The van der Waals surface area contributed by atoms with Gasteiger partial charge in [0.2, 0.25) is 0 Å². The molecule has 0 radical (unpaired) electrons. The molecule has 4 nitrogen and oxygen atoms in total. The van der Waals surface area contributed by atoms with Crippen molar-refractivity contribution in [3.63, 3.8) is 0 Å². The van der Waals surface area contributed by atoms with Crippen molar-refractivity contribution in [1.29, 1.82) is 0 Å². The van der Waals surface area contributed by atoms with Crippen LogP contribution in [0, 0.1) is 4.77 Å². The Hall–Kier alpha value is -2.27. The second kappa shape index (κ2) is 5.26. The number of H-pyrrole nitrogens is 1. The van der Waals surface area contributed by atoms with E-state index in [4.69, 9.17) is 17.0 Å². The third-order valence-corrected chi connectivity index (χ3v) is 3.78. The summed E-state index contributed by atoms with van der Waals surface area (Å²) in [6.07, 6.45) is 0. The van der Waals surface area contributed by atoms with Crippen LogP contribution in [-0.4, -0.2) is 30.8 Å². The van der Waals surface area contributed by atoms with Crippen molar-refractivity contribution in [2.75, 3.05) is 26.1 Å². The normalized spacial score (nSPS) is 10.8. The van der Waals surface area contributed by atoms with Crippen LogP contribution in [0.25, 0.3) is 16.7 Å². The largest absolute Gasteiger partial charge is 0.497 e. The zero-order valence-corrected chi connectivity index (χ0v) is 13.1. The molecule has 0 spiro atoms. The number of fused-ring (bicyclic) bond motifs is 1. The van der Waals surface area contributed by atoms with E-state index in [-0.39, 0.29) is 0 Å². The minimum Gasteiger partial charge on any atom is -0.497 e. The molecule has 0 aliphatic heterocycles. The second-order valence-corrected chi connectivity index (χ2v) is 5.42. The number of hydrogen-bond donors (Lipinski definition) is 1. The van der Waals surface area contributed by atoms with E-state index in [1.165, 1.54) is 0 Å². The van der Waals surface area contributed by atoms with Gasteiger partial charge in [-0.25, -0.2) is 0 Å². The van der Waals surface area contributed by atoms with Crippen molar-refractivity contribution >= 4 is 28.9 Å². The van der Waals surface area contributed by atoms with Gasteiger partial charge in [-0.05, 0) is 36.5 Å². The van der Waals surface area contributed by atoms with Crippen molar-refractivity contribution in [1.82, 2.24) is 9.55 Å². The molecule has 1 heterocycles. The summed E-state index contributed by atoms with van der Waals surface area (Å²) in [7, 11) is 5.72. The van der Waals surface area contributed by atoms with E-state index >= 15 is 0 Å². The highest BCUT2D eigenvalue weighted by Gasteiger charge is 2.12. The van der Waals surface area contributed by atoms with Gasteiger partial charge in [-0.15, -0.1) is 0 Å². The number of nitrogens with zero attached hydrogens (tertiary/aromatic N) is 2. The fourth-order valence-corrected chi connectivity index (χ4v) is 2.79. The standard InChI is InChI=1S/C16H17N3OS/c1-18(2)13-6-4-5-7-14(13)19-15-10-11(20-3)8-9-12(15)17-16(19)21/h4-10H,1-3H3,(H,17,21). The number of methoxy groups -OCH3 is 1. The monoisotopic (exact) mass is 299 g/mol. The van der Waals surface area contributed by atoms with Crippen LogP contribution in [0.3, 0.4) is 0 Å². The third kappa shape index (κ3) is 2.29. The number of imidazole rings is 1. The highest BCUT2D eigenvalue weighted by Crippen LogP contribution is 2.28. The molecule has 0 fully saturated rings. The molecular weight excluding hydrogens is 282 g/mol. The number of nitrogens with one attached hydrogen (secondary N) is 1. The van der Waals surface area contributed by atoms with E-state index in [1.807, 2.05) is 49.0 Å². The van der Waals surface area contributed by atoms with Gasteiger partial charge in [0.25, 0.3) is 0 Å². The number of ether oxygens (including phenoxy) is 1. The summed E-state index contributed by atoms with van der Waals surface area (Å²) in [6.45, 7) is 0. The molecule has 0 aliphatic rings. The number of aromatic amines is 1. The lowest BCUT2D eigenvalue weighted by Gasteiger charge is -2.18. The van der Waals surface area contributed by atoms with Crippen molar-refractivity contribution in [2.24, 2.45) is 0 Å². The molecule has 0 unspecified atom stereocenters. The molecule has 0 atom stereocenters. The quantitative estimate of drug-likeness (QED) is 0.748. The van der Waals surface area contributed by atoms with Gasteiger partial charge in [-0.2, -0.15) is 0 Å². The highest BCUT2D eigenvalue weighted by molar-refractivity contribution is 7.71. The van der Waals surface area contributed by atoms with Crippen LogP contribution < -0.4 is 9.64 Å². The van der Waals surface area contributed by atoms with Crippen LogP contribution in [0.15, 0.2) is 42.5 Å². The first-order valence-corrected chi connectivity index (χ1v) is 7.08. The number of aromatic nitrogens is 2. The molecule has 1 N–H and O–H groups in total. The van der Waals surface area contributed by atoms with Crippen molar-refractivity contribution in [2.45, 2.75) is 0 Å². The average molecular weight is 299 g/mol. The van der Waals surface area contributed by atoms with Crippen LogP contribution in [0.4, 0.5) is 5.69 Å². The maximum absolute atomic E-state index is 5.51. The molecule has 0 aliphatic carbocycles. The lowest BCUT2D eigenvalue weighted by molar-refractivity contribution is 0.415. The molecule has 0 saturated heterocycles. The van der Waals surface area contributed by atoms with Gasteiger partial charge in [0.15, 0.2) is 4.77 Å². The number of para-hydroxylation sites is 2. The minimum absolute atomic E-state index is 0.674. The maximum Gasteiger partial charge on any atom is 0.182 e. The maximum atomic E-state index is 5.51. The Morgan fingerprint density at radius 3 is 2.62 bits per heavy atom. The Bertz CT molecular complexity index is 848. The zero-order chi connectivity index (χ0) is 15.0. The SMILES string of the molecule is COc1ccc2[nH]c(=S)n(-c3ccccc3N(C)C)c2c1. The summed E-state index contributed by atoms with van der Waals surface area (Å²) >= 11 is 5.51. The predicted octanol–water partition coefficient (Wildman–Crippen LogP) is 3.76. The number of anilines is 1. The van der Waals surface area contributed by atoms with E-state index in [1.54, 1.807) is 7.11 Å². The third-order valence-electron chi connectivity index (χ3n) is 3.49. The van der Waals surface area contributed by atoms with E-state index in [0.717, 1.165) is 28.2 Å². The van der Waals surface area contributed by atoms with E-state index in [0.29, 0.717) is 4.77 Å². The summed E-state index contributed by atoms with van der Waals surface area (Å²) in [4.78, 5) is 5.33. The van der Waals surface area contributed by atoms with Crippen molar-refractivity contribution in [3.8, 4) is 11.4 Å². The summed E-state index contributed by atoms with van der Waals surface area (Å²) in [5, 5.41) is 0. The van der Waals surface area contributed by atoms with Crippen LogP contribution in [-0.2, 0) is 0 Å². The molecule has 2 aromatic carbocycles. The Morgan fingerprint density at radius 2 is 1.90 bits per heavy atom. The molecule has 0 bridgehead atoms. The fraction of sp³-hybridized carbons (Fsp3) is 0.188. The Labute approximate surface area is 128 Å². The predicted molar refractivity (Wildman–Crippen MR) is 89.3 cm³/mol. The molecule has 0 amide bonds. The summed E-state index contributed by atoms with van der Waals surface area (Å²) in [6, 6.07) is 14.1. The summed E-state index contributed by atoms with van der Waals surface area (Å²) in [5.41, 5.74) is 4.16. The smallest absolute Gasteiger partial charge is 0.182 e. The van der Waals surface area contributed by atoms with Gasteiger partial charge in [-0.3, -0.25) is 4.57 Å². The molecule has 108 valence electrons. The van der Waals surface area contributed by atoms with E-state index in [2.05, 4.69) is 22.0 Å². The lowest BCUT2D eigenvalue weighted by Crippen LogP contribution is -2.12. The second-order valence-electron chi connectivity index (χ2n) is 5.03. The Morgan fingerprint density at radius 1 is 1.14 bits per heavy atom. The molecule has 3 aromatic rings. The molecule has 5 heteroatoms. The summed E-state index contributed by atoms with van der Waals surface area (Å²) in [5.74, 6) is 0.813. The van der Waals surface area contributed by atoms with Crippen LogP contribution >= 0.6 is 12.2 Å².